The van der Waals surface area contributed by atoms with Crippen molar-refractivity contribution in [2.75, 3.05) is 13.1 Å². The van der Waals surface area contributed by atoms with E-state index in [2.05, 4.69) is 40.1 Å². The normalized spacial score (nSPS) is 12.2. The smallest absolute Gasteiger partial charge is 0.269 e. The zero-order valence-electron chi connectivity index (χ0n) is 14.3. The highest BCUT2D eigenvalue weighted by molar-refractivity contribution is 14.0. The van der Waals surface area contributed by atoms with E-state index in [1.165, 1.54) is 10.9 Å². The van der Waals surface area contributed by atoms with Gasteiger partial charge < -0.3 is 10.6 Å². The number of nitro groups is 1. The third kappa shape index (κ3) is 6.99. The van der Waals surface area contributed by atoms with Crippen molar-refractivity contribution in [1.29, 1.82) is 0 Å². The minimum Gasteiger partial charge on any atom is -0.357 e. The molecule has 0 saturated heterocycles. The summed E-state index contributed by atoms with van der Waals surface area (Å²) in [4.78, 5) is 16.3. The molecule has 136 valence electrons. The average Bonchev–Trinajstić information content (AvgIpc) is 3.12. The summed E-state index contributed by atoms with van der Waals surface area (Å²) in [5.74, 6) is 1.11. The molecule has 2 aromatic rings. The molecule has 1 heterocycles. The molecule has 6 nitrogen and oxygen atoms in total. The van der Waals surface area contributed by atoms with Gasteiger partial charge in [-0.25, -0.2) is 4.99 Å². The summed E-state index contributed by atoms with van der Waals surface area (Å²) < 4.78 is 0. The molecule has 0 saturated carbocycles. The number of guanidine groups is 1. The molecule has 1 atom stereocenters. The summed E-state index contributed by atoms with van der Waals surface area (Å²) in [5, 5.41) is 19.4. The van der Waals surface area contributed by atoms with E-state index in [-0.39, 0.29) is 34.6 Å². The molecular formula is C17H23IN4O2S. The second-order valence-corrected chi connectivity index (χ2v) is 6.40. The monoisotopic (exact) mass is 474 g/mol. The number of hydrogen-bond donors (Lipinski definition) is 2. The van der Waals surface area contributed by atoms with Gasteiger partial charge in [-0.05, 0) is 23.9 Å². The van der Waals surface area contributed by atoms with E-state index in [0.29, 0.717) is 18.4 Å². The molecule has 8 heteroatoms. The lowest BCUT2D eigenvalue weighted by Crippen LogP contribution is -2.39. The van der Waals surface area contributed by atoms with Crippen LogP contribution in [0.1, 0.15) is 30.2 Å². The molecule has 0 aliphatic heterocycles. The fourth-order valence-electron chi connectivity index (χ4n) is 2.20. The van der Waals surface area contributed by atoms with Crippen LogP contribution < -0.4 is 10.6 Å². The average molecular weight is 474 g/mol. The van der Waals surface area contributed by atoms with Crippen LogP contribution in [0.3, 0.4) is 0 Å². The lowest BCUT2D eigenvalue weighted by molar-refractivity contribution is -0.384. The van der Waals surface area contributed by atoms with E-state index in [1.807, 2.05) is 13.0 Å². The highest BCUT2D eigenvalue weighted by atomic mass is 127. The first-order chi connectivity index (χ1) is 11.6. The fraction of sp³-hybridized carbons (Fsp3) is 0.353. The topological polar surface area (TPSA) is 79.6 Å². The molecule has 0 fully saturated rings. The minimum absolute atomic E-state index is 0. The van der Waals surface area contributed by atoms with Crippen LogP contribution >= 0.6 is 35.3 Å². The maximum absolute atomic E-state index is 10.8. The second kappa shape index (κ2) is 11.0. The molecule has 1 unspecified atom stereocenters. The van der Waals surface area contributed by atoms with Gasteiger partial charge in [-0.1, -0.05) is 25.1 Å². The summed E-state index contributed by atoms with van der Waals surface area (Å²) in [6.07, 6.45) is 0. The Morgan fingerprint density at radius 3 is 2.76 bits per heavy atom. The first-order valence-corrected chi connectivity index (χ1v) is 8.77. The number of nitrogens with one attached hydrogen (secondary N) is 2. The number of benzene rings is 1. The van der Waals surface area contributed by atoms with E-state index >= 15 is 0 Å². The van der Waals surface area contributed by atoms with Crippen molar-refractivity contribution in [3.05, 3.63) is 62.3 Å². The first-order valence-electron chi connectivity index (χ1n) is 7.89. The summed E-state index contributed by atoms with van der Waals surface area (Å²) in [5.41, 5.74) is 0.902. The maximum atomic E-state index is 10.8. The number of nitro benzene ring substituents is 1. The van der Waals surface area contributed by atoms with Gasteiger partial charge >= 0.3 is 0 Å². The summed E-state index contributed by atoms with van der Waals surface area (Å²) >= 11 is 1.75. The minimum atomic E-state index is -0.390. The molecule has 1 aromatic heterocycles. The summed E-state index contributed by atoms with van der Waals surface area (Å²) in [7, 11) is 0. The van der Waals surface area contributed by atoms with Crippen molar-refractivity contribution < 1.29 is 4.92 Å². The van der Waals surface area contributed by atoms with Crippen LogP contribution in [0.25, 0.3) is 0 Å². The Morgan fingerprint density at radius 2 is 2.12 bits per heavy atom. The van der Waals surface area contributed by atoms with Gasteiger partial charge in [0, 0.05) is 36.0 Å². The third-order valence-electron chi connectivity index (χ3n) is 3.49. The number of hydrogen-bond acceptors (Lipinski definition) is 4. The number of nitrogens with zero attached hydrogens (tertiary/aromatic N) is 2. The predicted octanol–water partition coefficient (Wildman–Crippen LogP) is 4.13. The molecule has 25 heavy (non-hydrogen) atoms. The van der Waals surface area contributed by atoms with E-state index < -0.39 is 0 Å². The SMILES string of the molecule is CCNC(=NCc1cccc([N+](=O)[O-])c1)NCC(C)c1cccs1.I. The van der Waals surface area contributed by atoms with Crippen LogP contribution in [-0.2, 0) is 6.54 Å². The van der Waals surface area contributed by atoms with Gasteiger partial charge in [-0.2, -0.15) is 0 Å². The third-order valence-corrected chi connectivity index (χ3v) is 4.59. The number of rotatable bonds is 7. The first kappa shape index (κ1) is 21.4. The van der Waals surface area contributed by atoms with Crippen molar-refractivity contribution in [2.45, 2.75) is 26.3 Å². The Hall–Kier alpha value is -1.68. The van der Waals surface area contributed by atoms with Crippen LogP contribution in [0.4, 0.5) is 5.69 Å². The van der Waals surface area contributed by atoms with Crippen molar-refractivity contribution in [1.82, 2.24) is 10.6 Å². The molecule has 0 spiro atoms. The van der Waals surface area contributed by atoms with Gasteiger partial charge in [-0.3, -0.25) is 10.1 Å². The van der Waals surface area contributed by atoms with Gasteiger partial charge in [0.1, 0.15) is 0 Å². The van der Waals surface area contributed by atoms with Gasteiger partial charge in [-0.15, -0.1) is 35.3 Å². The van der Waals surface area contributed by atoms with Crippen LogP contribution in [0.5, 0.6) is 0 Å². The predicted molar refractivity (Wildman–Crippen MR) is 114 cm³/mol. The van der Waals surface area contributed by atoms with Crippen LogP contribution in [0.2, 0.25) is 0 Å². The lowest BCUT2D eigenvalue weighted by atomic mass is 10.1. The quantitative estimate of drug-likeness (QED) is 0.208. The largest absolute Gasteiger partial charge is 0.357 e. The molecule has 0 amide bonds. The summed E-state index contributed by atoms with van der Waals surface area (Å²) in [6.45, 7) is 6.11. The zero-order valence-corrected chi connectivity index (χ0v) is 17.4. The summed E-state index contributed by atoms with van der Waals surface area (Å²) in [6, 6.07) is 10.7. The maximum Gasteiger partial charge on any atom is 0.269 e. The number of halogens is 1. The van der Waals surface area contributed by atoms with E-state index in [9.17, 15) is 10.1 Å². The van der Waals surface area contributed by atoms with Gasteiger partial charge in [0.05, 0.1) is 11.5 Å². The van der Waals surface area contributed by atoms with Crippen molar-refractivity contribution in [3.63, 3.8) is 0 Å². The fourth-order valence-corrected chi connectivity index (χ4v) is 2.99. The molecular weight excluding hydrogens is 451 g/mol. The van der Waals surface area contributed by atoms with Crippen LogP contribution in [0, 0.1) is 10.1 Å². The lowest BCUT2D eigenvalue weighted by Gasteiger charge is -2.15. The molecule has 2 rings (SSSR count). The Balaban J connectivity index is 0.00000312. The van der Waals surface area contributed by atoms with Gasteiger partial charge in [0.25, 0.3) is 5.69 Å². The van der Waals surface area contributed by atoms with Crippen molar-refractivity contribution in [3.8, 4) is 0 Å². The van der Waals surface area contributed by atoms with Crippen molar-refractivity contribution >= 4 is 47.0 Å². The molecule has 0 aliphatic rings. The second-order valence-electron chi connectivity index (χ2n) is 5.42. The molecule has 2 N–H and O–H groups in total. The zero-order chi connectivity index (χ0) is 17.4. The highest BCUT2D eigenvalue weighted by Crippen LogP contribution is 2.19. The van der Waals surface area contributed by atoms with Gasteiger partial charge in [0.2, 0.25) is 0 Å². The van der Waals surface area contributed by atoms with Crippen LogP contribution in [-0.4, -0.2) is 24.0 Å². The molecule has 1 aromatic carbocycles. The highest BCUT2D eigenvalue weighted by Gasteiger charge is 2.08. The van der Waals surface area contributed by atoms with E-state index in [1.54, 1.807) is 23.5 Å². The molecule has 0 aliphatic carbocycles. The Morgan fingerprint density at radius 1 is 1.32 bits per heavy atom. The molecule has 0 bridgehead atoms. The Labute approximate surface area is 168 Å². The Bertz CT molecular complexity index is 692. The van der Waals surface area contributed by atoms with E-state index in [4.69, 9.17) is 0 Å². The molecule has 0 radical (unpaired) electrons. The number of aliphatic imine (C=N–C) groups is 1. The standard InChI is InChI=1S/C17H22N4O2S.HI/c1-3-18-17(19-11-13(2)16-8-5-9-24-16)20-12-14-6-4-7-15(10-14)21(22)23;/h4-10,13H,3,11-12H2,1-2H3,(H2,18,19,20);1H. The van der Waals surface area contributed by atoms with E-state index in [0.717, 1.165) is 18.7 Å². The van der Waals surface area contributed by atoms with Gasteiger partial charge in [0.15, 0.2) is 5.96 Å². The Kier molecular flexibility index (Phi) is 9.43. The number of thiophene rings is 1. The van der Waals surface area contributed by atoms with Crippen molar-refractivity contribution in [2.24, 2.45) is 4.99 Å². The number of non-ortho nitro benzene ring substituents is 1. The van der Waals surface area contributed by atoms with Crippen LogP contribution in [0.15, 0.2) is 46.8 Å².